The lowest BCUT2D eigenvalue weighted by molar-refractivity contribution is -0.156. The highest BCUT2D eigenvalue weighted by Crippen LogP contribution is 2.27. The molecule has 0 amide bonds. The Balaban J connectivity index is 0.000000757. The van der Waals surface area contributed by atoms with Crippen LogP contribution in [0.2, 0.25) is 10.0 Å². The molecule has 0 saturated heterocycles. The van der Waals surface area contributed by atoms with Crippen molar-refractivity contribution in [2.45, 2.75) is 45.1 Å². The number of hydrogen-bond acceptors (Lipinski definition) is 4. The van der Waals surface area contributed by atoms with E-state index >= 15 is 0 Å². The average Bonchev–Trinajstić information content (AvgIpc) is 2.88. The SMILES string of the molecule is CCC(c1ccccc1)N(C)Cc1c(Cl)cc(Cl)c(=O)n1CCc1ccc(C(=O)O)cc1.O=CC(F)(F)F. The van der Waals surface area contributed by atoms with E-state index in [1.54, 1.807) is 28.8 Å². The summed E-state index contributed by atoms with van der Waals surface area (Å²) in [5.74, 6) is -0.969. The molecule has 0 radical (unpaired) electrons. The summed E-state index contributed by atoms with van der Waals surface area (Å²) in [5.41, 5.74) is 2.78. The lowest BCUT2D eigenvalue weighted by Crippen LogP contribution is -2.31. The van der Waals surface area contributed by atoms with Crippen molar-refractivity contribution >= 4 is 35.5 Å². The molecule has 0 fully saturated rings. The number of aldehydes is 1. The van der Waals surface area contributed by atoms with Gasteiger partial charge in [-0.2, -0.15) is 13.2 Å². The summed E-state index contributed by atoms with van der Waals surface area (Å²) in [7, 11) is 2.02. The second-order valence-corrected chi connectivity index (χ2v) is 9.22. The molecular formula is C27H27Cl2F3N2O4. The highest BCUT2D eigenvalue weighted by atomic mass is 35.5. The minimum Gasteiger partial charge on any atom is -0.478 e. The molecule has 6 nitrogen and oxygen atoms in total. The average molecular weight is 571 g/mol. The summed E-state index contributed by atoms with van der Waals surface area (Å²) in [6.45, 7) is 3.00. The second kappa shape index (κ2) is 14.1. The molecule has 11 heteroatoms. The highest BCUT2D eigenvalue weighted by Gasteiger charge is 2.25. The number of hydrogen-bond donors (Lipinski definition) is 1. The van der Waals surface area contributed by atoms with E-state index in [0.29, 0.717) is 30.2 Å². The van der Waals surface area contributed by atoms with Gasteiger partial charge in [0.05, 0.1) is 16.3 Å². The Kier molecular flexibility index (Phi) is 11.6. The lowest BCUT2D eigenvalue weighted by Gasteiger charge is -2.29. The summed E-state index contributed by atoms with van der Waals surface area (Å²) in [4.78, 5) is 34.8. The van der Waals surface area contributed by atoms with Crippen LogP contribution in [0.3, 0.4) is 0 Å². The number of aromatic nitrogens is 1. The molecule has 1 unspecified atom stereocenters. The Morgan fingerprint density at radius 2 is 1.66 bits per heavy atom. The summed E-state index contributed by atoms with van der Waals surface area (Å²) < 4.78 is 32.9. The van der Waals surface area contributed by atoms with Crippen LogP contribution in [0.25, 0.3) is 0 Å². The van der Waals surface area contributed by atoms with Crippen LogP contribution in [-0.2, 0) is 24.3 Å². The summed E-state index contributed by atoms with van der Waals surface area (Å²) >= 11 is 12.7. The van der Waals surface area contributed by atoms with E-state index in [-0.39, 0.29) is 22.2 Å². The van der Waals surface area contributed by atoms with E-state index in [1.165, 1.54) is 11.6 Å². The maximum Gasteiger partial charge on any atom is 0.446 e. The van der Waals surface area contributed by atoms with Crippen LogP contribution in [0.15, 0.2) is 65.5 Å². The second-order valence-electron chi connectivity index (χ2n) is 8.41. The predicted molar refractivity (Wildman–Crippen MR) is 141 cm³/mol. The maximum absolute atomic E-state index is 12.9. The number of benzene rings is 2. The molecule has 3 aromatic rings. The number of carbonyl (C=O) groups excluding carboxylic acids is 1. The van der Waals surface area contributed by atoms with Crippen molar-refractivity contribution in [3.63, 3.8) is 0 Å². The minimum atomic E-state index is -4.64. The third-order valence-electron chi connectivity index (χ3n) is 5.77. The van der Waals surface area contributed by atoms with E-state index in [2.05, 4.69) is 24.0 Å². The van der Waals surface area contributed by atoms with Gasteiger partial charge in [-0.15, -0.1) is 0 Å². The van der Waals surface area contributed by atoms with Crippen molar-refractivity contribution in [2.75, 3.05) is 7.05 Å². The largest absolute Gasteiger partial charge is 0.478 e. The van der Waals surface area contributed by atoms with Crippen molar-refractivity contribution in [3.05, 3.63) is 103 Å². The Hall–Kier alpha value is -3.14. The van der Waals surface area contributed by atoms with Gasteiger partial charge in [0.25, 0.3) is 5.56 Å². The van der Waals surface area contributed by atoms with E-state index in [9.17, 15) is 22.8 Å². The first kappa shape index (κ1) is 31.1. The van der Waals surface area contributed by atoms with Crippen LogP contribution < -0.4 is 5.56 Å². The standard InChI is InChI=1S/C25H26Cl2N2O3.C2HF3O/c1-3-22(18-7-5-4-6-8-18)28(2)16-23-20(26)15-21(27)24(30)29(23)14-13-17-9-11-19(12-10-17)25(31)32;3-2(4,5)1-6/h4-12,15,22H,3,13-14,16H2,1-2H3,(H,31,32);1H. The zero-order chi connectivity index (χ0) is 28.5. The number of rotatable bonds is 9. The molecule has 1 aromatic heterocycles. The molecule has 0 bridgehead atoms. The zero-order valence-corrected chi connectivity index (χ0v) is 22.2. The Morgan fingerprint density at radius 1 is 1.08 bits per heavy atom. The van der Waals surface area contributed by atoms with Crippen LogP contribution in [-0.4, -0.2) is 40.1 Å². The van der Waals surface area contributed by atoms with Crippen LogP contribution in [0.1, 0.15) is 46.6 Å². The first-order valence-electron chi connectivity index (χ1n) is 11.6. The molecule has 3 rings (SSSR count). The molecule has 0 spiro atoms. The van der Waals surface area contributed by atoms with Crippen LogP contribution in [0.4, 0.5) is 13.2 Å². The highest BCUT2D eigenvalue weighted by molar-refractivity contribution is 6.34. The monoisotopic (exact) mass is 570 g/mol. The van der Waals surface area contributed by atoms with Gasteiger partial charge in [0, 0.05) is 19.1 Å². The fraction of sp³-hybridized carbons (Fsp3) is 0.296. The van der Waals surface area contributed by atoms with Crippen LogP contribution >= 0.6 is 23.2 Å². The van der Waals surface area contributed by atoms with Crippen molar-refractivity contribution in [1.82, 2.24) is 9.47 Å². The molecule has 38 heavy (non-hydrogen) atoms. The molecule has 0 aliphatic carbocycles. The number of carbonyl (C=O) groups is 2. The number of halogens is 5. The molecule has 204 valence electrons. The molecule has 1 heterocycles. The van der Waals surface area contributed by atoms with Crippen LogP contribution in [0.5, 0.6) is 0 Å². The predicted octanol–water partition coefficient (Wildman–Crippen LogP) is 6.43. The number of aromatic carboxylic acids is 1. The molecule has 2 aromatic carbocycles. The van der Waals surface area contributed by atoms with E-state index in [4.69, 9.17) is 33.1 Å². The van der Waals surface area contributed by atoms with Crippen molar-refractivity contribution in [2.24, 2.45) is 0 Å². The van der Waals surface area contributed by atoms with Gasteiger partial charge in [-0.1, -0.05) is 72.6 Å². The van der Waals surface area contributed by atoms with Gasteiger partial charge in [-0.05, 0) is 49.2 Å². The first-order chi connectivity index (χ1) is 17.9. The number of alkyl halides is 3. The number of nitrogens with zero attached hydrogens (tertiary/aromatic N) is 2. The molecule has 1 atom stereocenters. The topological polar surface area (TPSA) is 79.6 Å². The van der Waals surface area contributed by atoms with Gasteiger partial charge in [0.2, 0.25) is 6.29 Å². The molecule has 0 aliphatic heterocycles. The molecular weight excluding hydrogens is 544 g/mol. The Labute approximate surface area is 228 Å². The van der Waals surface area contributed by atoms with Gasteiger partial charge in [0.1, 0.15) is 5.02 Å². The van der Waals surface area contributed by atoms with Crippen molar-refractivity contribution in [1.29, 1.82) is 0 Å². The lowest BCUT2D eigenvalue weighted by atomic mass is 10.0. The van der Waals surface area contributed by atoms with Gasteiger partial charge < -0.3 is 9.67 Å². The fourth-order valence-electron chi connectivity index (χ4n) is 3.91. The Bertz CT molecular complexity index is 1280. The van der Waals surface area contributed by atoms with E-state index in [0.717, 1.165) is 12.0 Å². The number of aryl methyl sites for hydroxylation is 1. The Morgan fingerprint density at radius 3 is 2.16 bits per heavy atom. The van der Waals surface area contributed by atoms with Gasteiger partial charge in [0.15, 0.2) is 0 Å². The van der Waals surface area contributed by atoms with Crippen molar-refractivity contribution in [3.8, 4) is 0 Å². The minimum absolute atomic E-state index is 0.0812. The van der Waals surface area contributed by atoms with Gasteiger partial charge >= 0.3 is 12.1 Å². The maximum atomic E-state index is 12.9. The number of carboxylic acids is 1. The number of pyridine rings is 1. The van der Waals surface area contributed by atoms with Crippen LogP contribution in [0, 0.1) is 0 Å². The normalized spacial score (nSPS) is 12.0. The van der Waals surface area contributed by atoms with E-state index < -0.39 is 18.4 Å². The molecule has 1 N–H and O–H groups in total. The summed E-state index contributed by atoms with van der Waals surface area (Å²) in [6.07, 6.45) is -4.25. The third kappa shape index (κ3) is 9.01. The zero-order valence-electron chi connectivity index (χ0n) is 20.7. The molecule has 0 aliphatic rings. The number of carboxylic acid groups (broad SMARTS) is 1. The summed E-state index contributed by atoms with van der Waals surface area (Å²) in [6, 6.07) is 18.6. The quantitative estimate of drug-likeness (QED) is 0.300. The van der Waals surface area contributed by atoms with Crippen molar-refractivity contribution < 1.29 is 27.9 Å². The summed E-state index contributed by atoms with van der Waals surface area (Å²) in [5, 5.41) is 9.60. The van der Waals surface area contributed by atoms with E-state index in [1.807, 2.05) is 25.2 Å². The first-order valence-corrected chi connectivity index (χ1v) is 12.3. The fourth-order valence-corrected chi connectivity index (χ4v) is 4.45. The smallest absolute Gasteiger partial charge is 0.446 e. The van der Waals surface area contributed by atoms with Gasteiger partial charge in [-0.3, -0.25) is 14.5 Å². The molecule has 0 saturated carbocycles. The third-order valence-corrected chi connectivity index (χ3v) is 6.36. The van der Waals surface area contributed by atoms with Gasteiger partial charge in [-0.25, -0.2) is 4.79 Å².